The van der Waals surface area contributed by atoms with Gasteiger partial charge in [-0.05, 0) is 12.1 Å². The van der Waals surface area contributed by atoms with Crippen LogP contribution in [0.3, 0.4) is 0 Å². The number of carbonyl (C=O) groups excluding carboxylic acids is 1. The molecule has 0 radical (unpaired) electrons. The average Bonchev–Trinajstić information content (AvgIpc) is 2.71. The molecule has 0 aliphatic rings. The Morgan fingerprint density at radius 1 is 1.31 bits per heavy atom. The number of hydrogen-bond acceptors (Lipinski definition) is 4. The number of rotatable bonds is 2. The van der Waals surface area contributed by atoms with E-state index in [1.807, 2.05) is 0 Å². The second-order valence-electron chi connectivity index (χ2n) is 2.38. The minimum Gasteiger partial charge on any atom is -0.283 e. The molecular formula is C8H6N4O. The molecule has 1 N–H and O–H groups in total. The number of pyridine rings is 1. The summed E-state index contributed by atoms with van der Waals surface area (Å²) in [5.41, 5.74) is 0.360. The van der Waals surface area contributed by atoms with Crippen LogP contribution in [0.25, 0.3) is 0 Å². The van der Waals surface area contributed by atoms with Crippen molar-refractivity contribution in [3.8, 4) is 0 Å². The summed E-state index contributed by atoms with van der Waals surface area (Å²) < 4.78 is 0. The predicted octanol–water partition coefficient (Wildman–Crippen LogP) is 0.431. The molecule has 2 aromatic rings. The van der Waals surface area contributed by atoms with Gasteiger partial charge in [-0.3, -0.25) is 14.9 Å². The van der Waals surface area contributed by atoms with Gasteiger partial charge in [-0.15, -0.1) is 0 Å². The molecule has 0 atom stereocenters. The van der Waals surface area contributed by atoms with Gasteiger partial charge in [-0.1, -0.05) is 6.07 Å². The van der Waals surface area contributed by atoms with Crippen molar-refractivity contribution in [2.24, 2.45) is 0 Å². The van der Waals surface area contributed by atoms with Crippen LogP contribution in [0.1, 0.15) is 16.3 Å². The molecule has 2 heterocycles. The quantitative estimate of drug-likeness (QED) is 0.670. The van der Waals surface area contributed by atoms with Crippen LogP contribution in [0.15, 0.2) is 30.7 Å². The second-order valence-corrected chi connectivity index (χ2v) is 2.38. The first-order valence-electron chi connectivity index (χ1n) is 3.69. The Morgan fingerprint density at radius 3 is 2.85 bits per heavy atom. The number of nitrogens with zero attached hydrogens (tertiary/aromatic N) is 3. The van der Waals surface area contributed by atoms with Crippen LogP contribution in [0, 0.1) is 0 Å². The van der Waals surface area contributed by atoms with Gasteiger partial charge in [0.25, 0.3) is 0 Å². The normalized spacial score (nSPS) is 9.85. The third-order valence-electron chi connectivity index (χ3n) is 1.53. The fourth-order valence-corrected chi connectivity index (χ4v) is 0.933. The Kier molecular flexibility index (Phi) is 1.84. The number of H-pyrrole nitrogens is 1. The van der Waals surface area contributed by atoms with Gasteiger partial charge in [0.2, 0.25) is 5.78 Å². The van der Waals surface area contributed by atoms with Gasteiger partial charge in [0.15, 0.2) is 5.82 Å². The fourth-order valence-electron chi connectivity index (χ4n) is 0.933. The largest absolute Gasteiger partial charge is 0.283 e. The third kappa shape index (κ3) is 1.44. The van der Waals surface area contributed by atoms with Crippen molar-refractivity contribution < 1.29 is 4.79 Å². The fraction of sp³-hybridized carbons (Fsp3) is 0. The lowest BCUT2D eigenvalue weighted by Gasteiger charge is -1.93. The van der Waals surface area contributed by atoms with E-state index in [-0.39, 0.29) is 11.6 Å². The van der Waals surface area contributed by atoms with Crippen LogP contribution in [0.4, 0.5) is 0 Å². The molecule has 0 aromatic carbocycles. The second kappa shape index (κ2) is 3.14. The lowest BCUT2D eigenvalue weighted by atomic mass is 10.2. The number of carbonyl (C=O) groups is 1. The summed E-state index contributed by atoms with van der Waals surface area (Å²) in [6.07, 6.45) is 2.85. The zero-order chi connectivity index (χ0) is 9.10. The summed E-state index contributed by atoms with van der Waals surface area (Å²) >= 11 is 0. The highest BCUT2D eigenvalue weighted by Crippen LogP contribution is 1.99. The van der Waals surface area contributed by atoms with Crippen molar-refractivity contribution in [1.82, 2.24) is 20.2 Å². The molecule has 0 unspecified atom stereocenters. The summed E-state index contributed by atoms with van der Waals surface area (Å²) in [6.45, 7) is 0. The molecule has 0 bridgehead atoms. The van der Waals surface area contributed by atoms with E-state index in [9.17, 15) is 4.79 Å². The first kappa shape index (κ1) is 7.60. The molecule has 2 aromatic heterocycles. The molecule has 0 fully saturated rings. The molecule has 0 amide bonds. The van der Waals surface area contributed by atoms with E-state index in [0.29, 0.717) is 5.69 Å². The maximum absolute atomic E-state index is 11.5. The minimum atomic E-state index is -0.252. The van der Waals surface area contributed by atoms with Crippen LogP contribution in [-0.2, 0) is 0 Å². The van der Waals surface area contributed by atoms with Crippen LogP contribution < -0.4 is 0 Å². The Morgan fingerprint density at radius 2 is 2.23 bits per heavy atom. The van der Waals surface area contributed by atoms with Gasteiger partial charge in [0.05, 0.1) is 0 Å². The molecule has 2 rings (SSSR count). The van der Waals surface area contributed by atoms with Gasteiger partial charge >= 0.3 is 0 Å². The van der Waals surface area contributed by atoms with E-state index in [4.69, 9.17) is 0 Å². The zero-order valence-electron chi connectivity index (χ0n) is 6.64. The Hall–Kier alpha value is -2.04. The molecule has 0 saturated heterocycles. The Labute approximate surface area is 73.9 Å². The van der Waals surface area contributed by atoms with E-state index >= 15 is 0 Å². The lowest BCUT2D eigenvalue weighted by molar-refractivity contribution is 0.102. The molecule has 5 nitrogen and oxygen atoms in total. The monoisotopic (exact) mass is 174 g/mol. The standard InChI is InChI=1S/C8H6N4O/c13-7(8-10-5-11-12-8)6-3-1-2-4-9-6/h1-5H,(H,10,11,12). The Balaban J connectivity index is 2.34. The summed E-state index contributed by atoms with van der Waals surface area (Å²) in [7, 11) is 0. The zero-order valence-corrected chi connectivity index (χ0v) is 6.64. The smallest absolute Gasteiger partial charge is 0.248 e. The number of nitrogens with one attached hydrogen (secondary N) is 1. The summed E-state index contributed by atoms with van der Waals surface area (Å²) in [6, 6.07) is 5.12. The van der Waals surface area contributed by atoms with Crippen LogP contribution in [-0.4, -0.2) is 25.9 Å². The van der Waals surface area contributed by atoms with Crippen molar-refractivity contribution in [1.29, 1.82) is 0 Å². The maximum Gasteiger partial charge on any atom is 0.248 e. The van der Waals surface area contributed by atoms with E-state index < -0.39 is 0 Å². The highest BCUT2D eigenvalue weighted by atomic mass is 16.1. The minimum absolute atomic E-state index is 0.207. The van der Waals surface area contributed by atoms with Crippen molar-refractivity contribution in [2.45, 2.75) is 0 Å². The molecule has 0 aliphatic heterocycles. The molecule has 0 spiro atoms. The van der Waals surface area contributed by atoms with Crippen molar-refractivity contribution in [3.05, 3.63) is 42.2 Å². The SMILES string of the molecule is O=C(c1ccccn1)c1ncn[nH]1. The summed E-state index contributed by atoms with van der Waals surface area (Å²) in [4.78, 5) is 19.1. The number of hydrogen-bond donors (Lipinski definition) is 1. The first-order valence-corrected chi connectivity index (χ1v) is 3.69. The van der Waals surface area contributed by atoms with E-state index in [2.05, 4.69) is 20.2 Å². The molecule has 0 saturated carbocycles. The van der Waals surface area contributed by atoms with Crippen LogP contribution in [0.5, 0.6) is 0 Å². The molecule has 13 heavy (non-hydrogen) atoms. The van der Waals surface area contributed by atoms with Crippen molar-refractivity contribution in [2.75, 3.05) is 0 Å². The van der Waals surface area contributed by atoms with E-state index in [0.717, 1.165) is 0 Å². The molecule has 0 aliphatic carbocycles. The van der Waals surface area contributed by atoms with Gasteiger partial charge in [-0.2, -0.15) is 5.10 Å². The molecule has 64 valence electrons. The molecular weight excluding hydrogens is 168 g/mol. The van der Waals surface area contributed by atoms with Crippen LogP contribution in [0.2, 0.25) is 0 Å². The molecule has 5 heteroatoms. The number of ketones is 1. The van der Waals surface area contributed by atoms with Gasteiger partial charge in [-0.25, -0.2) is 4.98 Å². The maximum atomic E-state index is 11.5. The number of aromatic amines is 1. The highest BCUT2D eigenvalue weighted by molar-refractivity contribution is 6.04. The van der Waals surface area contributed by atoms with Gasteiger partial charge in [0.1, 0.15) is 12.0 Å². The average molecular weight is 174 g/mol. The Bertz CT molecular complexity index is 395. The van der Waals surface area contributed by atoms with E-state index in [1.165, 1.54) is 6.33 Å². The van der Waals surface area contributed by atoms with Crippen molar-refractivity contribution in [3.63, 3.8) is 0 Å². The predicted molar refractivity (Wildman–Crippen MR) is 44.1 cm³/mol. The number of aromatic nitrogens is 4. The topological polar surface area (TPSA) is 71.5 Å². The highest BCUT2D eigenvalue weighted by Gasteiger charge is 2.11. The summed E-state index contributed by atoms with van der Waals surface area (Å²) in [5.74, 6) is -0.0446. The van der Waals surface area contributed by atoms with Crippen molar-refractivity contribution >= 4 is 5.78 Å². The lowest BCUT2D eigenvalue weighted by Crippen LogP contribution is -2.05. The van der Waals surface area contributed by atoms with E-state index in [1.54, 1.807) is 24.4 Å². The first-order chi connectivity index (χ1) is 6.38. The van der Waals surface area contributed by atoms with Gasteiger partial charge in [0, 0.05) is 6.20 Å². The van der Waals surface area contributed by atoms with Gasteiger partial charge < -0.3 is 0 Å². The van der Waals surface area contributed by atoms with Crippen LogP contribution >= 0.6 is 0 Å². The summed E-state index contributed by atoms with van der Waals surface area (Å²) in [5, 5.41) is 6.07. The third-order valence-corrected chi connectivity index (χ3v) is 1.53.